The summed E-state index contributed by atoms with van der Waals surface area (Å²) >= 11 is 0. The van der Waals surface area contributed by atoms with Crippen LogP contribution in [0, 0.1) is 0 Å². The van der Waals surface area contributed by atoms with E-state index in [1.165, 1.54) is 18.5 Å². The molecule has 1 unspecified atom stereocenters. The number of hydrogen-bond donors (Lipinski definition) is 0. The quantitative estimate of drug-likeness (QED) is 0.403. The fraction of sp³-hybridized carbons (Fsp3) is 0.154. The summed E-state index contributed by atoms with van der Waals surface area (Å²) in [7, 11) is 0. The SMILES string of the molecule is FC(F)(c1ccccc1)C1(Cn2ccnc2)COC(c2ccc(-c3ccccc3)cc2)=N1. The van der Waals surface area contributed by atoms with Crippen molar-refractivity contribution >= 4 is 5.90 Å². The zero-order valence-electron chi connectivity index (χ0n) is 17.2. The maximum Gasteiger partial charge on any atom is 0.303 e. The van der Waals surface area contributed by atoms with Gasteiger partial charge in [0.1, 0.15) is 6.61 Å². The number of ether oxygens (including phenoxy) is 1. The van der Waals surface area contributed by atoms with E-state index >= 15 is 8.78 Å². The van der Waals surface area contributed by atoms with Gasteiger partial charge in [-0.3, -0.25) is 0 Å². The second kappa shape index (κ2) is 8.04. The summed E-state index contributed by atoms with van der Waals surface area (Å²) in [5, 5.41) is 0. The van der Waals surface area contributed by atoms with Gasteiger partial charge in [-0.1, -0.05) is 72.8 Å². The fourth-order valence-corrected chi connectivity index (χ4v) is 3.97. The van der Waals surface area contributed by atoms with Crippen LogP contribution in [0.3, 0.4) is 0 Å². The lowest BCUT2D eigenvalue weighted by atomic mass is 9.87. The molecule has 4 nitrogen and oxygen atoms in total. The number of halogens is 2. The smallest absolute Gasteiger partial charge is 0.303 e. The summed E-state index contributed by atoms with van der Waals surface area (Å²) in [5.74, 6) is -3.02. The number of rotatable bonds is 6. The molecule has 2 heterocycles. The average Bonchev–Trinajstić information content (AvgIpc) is 3.52. The highest BCUT2D eigenvalue weighted by atomic mass is 19.3. The molecule has 4 aromatic rings. The predicted molar refractivity (Wildman–Crippen MR) is 120 cm³/mol. The highest BCUT2D eigenvalue weighted by Crippen LogP contribution is 2.45. The summed E-state index contributed by atoms with van der Waals surface area (Å²) in [6, 6.07) is 25.4. The maximum atomic E-state index is 15.9. The molecular formula is C26H21F2N3O. The van der Waals surface area contributed by atoms with Gasteiger partial charge in [-0.2, -0.15) is 8.78 Å². The number of aliphatic imine (C=N–C) groups is 1. The Labute approximate surface area is 184 Å². The molecule has 0 bridgehead atoms. The van der Waals surface area contributed by atoms with Gasteiger partial charge in [-0.25, -0.2) is 9.98 Å². The molecule has 0 saturated carbocycles. The van der Waals surface area contributed by atoms with Crippen molar-refractivity contribution in [2.75, 3.05) is 6.61 Å². The van der Waals surface area contributed by atoms with Gasteiger partial charge < -0.3 is 9.30 Å². The summed E-state index contributed by atoms with van der Waals surface area (Å²) in [6.07, 6.45) is 4.74. The third kappa shape index (κ3) is 3.58. The van der Waals surface area contributed by atoms with Crippen LogP contribution in [0.2, 0.25) is 0 Å². The average molecular weight is 429 g/mol. The zero-order valence-corrected chi connectivity index (χ0v) is 17.2. The van der Waals surface area contributed by atoms with E-state index in [1.54, 1.807) is 35.2 Å². The molecule has 0 saturated heterocycles. The third-order valence-corrected chi connectivity index (χ3v) is 5.73. The fourth-order valence-electron chi connectivity index (χ4n) is 3.97. The van der Waals surface area contributed by atoms with Gasteiger partial charge in [0.2, 0.25) is 5.90 Å². The van der Waals surface area contributed by atoms with Crippen molar-refractivity contribution in [2.45, 2.75) is 18.0 Å². The molecule has 1 aromatic heterocycles. The third-order valence-electron chi connectivity index (χ3n) is 5.73. The Morgan fingerprint density at radius 1 is 0.844 bits per heavy atom. The molecule has 0 N–H and O–H groups in total. The van der Waals surface area contributed by atoms with Crippen molar-refractivity contribution in [1.82, 2.24) is 9.55 Å². The van der Waals surface area contributed by atoms with E-state index in [4.69, 9.17) is 4.74 Å². The predicted octanol–water partition coefficient (Wildman–Crippen LogP) is 5.56. The molecule has 1 aliphatic heterocycles. The zero-order chi connectivity index (χ0) is 22.0. The van der Waals surface area contributed by atoms with Crippen LogP contribution < -0.4 is 0 Å². The standard InChI is InChI=1S/C26H21F2N3O/c27-26(28,23-9-5-2-6-10-23)25(17-31-16-15-29-19-31)18-32-24(30-25)22-13-11-21(12-14-22)20-7-3-1-4-8-20/h1-16,19H,17-18H2. The summed E-state index contributed by atoms with van der Waals surface area (Å²) in [4.78, 5) is 8.51. The minimum atomic E-state index is -3.25. The Balaban J connectivity index is 1.52. The number of aromatic nitrogens is 2. The van der Waals surface area contributed by atoms with Gasteiger partial charge in [0, 0.05) is 23.5 Å². The number of nitrogens with zero attached hydrogens (tertiary/aromatic N) is 3. The largest absolute Gasteiger partial charge is 0.475 e. The first kappa shape index (κ1) is 20.1. The first-order valence-corrected chi connectivity index (χ1v) is 10.4. The van der Waals surface area contributed by atoms with Crippen LogP contribution in [-0.2, 0) is 17.2 Å². The molecule has 0 amide bonds. The molecule has 6 heteroatoms. The molecule has 5 rings (SSSR count). The second-order valence-electron chi connectivity index (χ2n) is 7.86. The molecule has 1 atom stereocenters. The molecule has 0 spiro atoms. The Kier molecular flexibility index (Phi) is 5.05. The van der Waals surface area contributed by atoms with Gasteiger partial charge in [0.05, 0.1) is 12.9 Å². The molecule has 32 heavy (non-hydrogen) atoms. The lowest BCUT2D eigenvalue weighted by Crippen LogP contribution is -2.49. The minimum absolute atomic E-state index is 0.0551. The molecule has 0 radical (unpaired) electrons. The first-order chi connectivity index (χ1) is 15.6. The molecule has 0 aliphatic carbocycles. The van der Waals surface area contributed by atoms with Gasteiger partial charge in [0.15, 0.2) is 5.54 Å². The summed E-state index contributed by atoms with van der Waals surface area (Å²) in [6.45, 7) is -0.288. The van der Waals surface area contributed by atoms with Crippen LogP contribution in [0.1, 0.15) is 11.1 Å². The molecule has 0 fully saturated rings. The summed E-state index contributed by atoms with van der Waals surface area (Å²) in [5.41, 5.74) is 0.905. The van der Waals surface area contributed by atoms with Crippen molar-refractivity contribution in [3.8, 4) is 11.1 Å². The number of imidazole rings is 1. The van der Waals surface area contributed by atoms with Crippen LogP contribution in [0.25, 0.3) is 11.1 Å². The van der Waals surface area contributed by atoms with Crippen molar-refractivity contribution < 1.29 is 13.5 Å². The van der Waals surface area contributed by atoms with E-state index in [1.807, 2.05) is 54.6 Å². The van der Waals surface area contributed by atoms with Gasteiger partial charge in [-0.15, -0.1) is 0 Å². The highest BCUT2D eigenvalue weighted by Gasteiger charge is 2.58. The lowest BCUT2D eigenvalue weighted by molar-refractivity contribution is -0.0939. The Bertz CT molecular complexity index is 1210. The van der Waals surface area contributed by atoms with Crippen molar-refractivity contribution in [2.24, 2.45) is 4.99 Å². The number of benzene rings is 3. The molecule has 160 valence electrons. The van der Waals surface area contributed by atoms with Gasteiger partial charge in [0.25, 0.3) is 0 Å². The Morgan fingerprint density at radius 3 is 2.12 bits per heavy atom. The van der Waals surface area contributed by atoms with Gasteiger partial charge >= 0.3 is 5.92 Å². The van der Waals surface area contributed by atoms with E-state index in [9.17, 15) is 0 Å². The normalized spacial score (nSPS) is 18.2. The number of alkyl halides is 2. The first-order valence-electron chi connectivity index (χ1n) is 10.4. The van der Waals surface area contributed by atoms with E-state index in [-0.39, 0.29) is 24.6 Å². The highest BCUT2D eigenvalue weighted by molar-refractivity contribution is 5.96. The van der Waals surface area contributed by atoms with Crippen molar-refractivity contribution in [3.05, 3.63) is 115 Å². The van der Waals surface area contributed by atoms with E-state index in [0.717, 1.165) is 11.1 Å². The van der Waals surface area contributed by atoms with E-state index < -0.39 is 11.5 Å². The molecular weight excluding hydrogens is 408 g/mol. The van der Waals surface area contributed by atoms with Crippen molar-refractivity contribution in [3.63, 3.8) is 0 Å². The number of hydrogen-bond acceptors (Lipinski definition) is 3. The van der Waals surface area contributed by atoms with Crippen LogP contribution in [0.4, 0.5) is 8.78 Å². The van der Waals surface area contributed by atoms with Gasteiger partial charge in [-0.05, 0) is 23.3 Å². The van der Waals surface area contributed by atoms with Crippen LogP contribution >= 0.6 is 0 Å². The van der Waals surface area contributed by atoms with E-state index in [0.29, 0.717) is 5.56 Å². The topological polar surface area (TPSA) is 39.4 Å². The van der Waals surface area contributed by atoms with Crippen molar-refractivity contribution in [1.29, 1.82) is 0 Å². The second-order valence-corrected chi connectivity index (χ2v) is 7.86. The Morgan fingerprint density at radius 2 is 1.47 bits per heavy atom. The van der Waals surface area contributed by atoms with E-state index in [2.05, 4.69) is 9.98 Å². The van der Waals surface area contributed by atoms with Crippen LogP contribution in [-0.4, -0.2) is 27.6 Å². The monoisotopic (exact) mass is 429 g/mol. The Hall–Kier alpha value is -3.80. The maximum absolute atomic E-state index is 15.9. The van der Waals surface area contributed by atoms with Crippen LogP contribution in [0.5, 0.6) is 0 Å². The minimum Gasteiger partial charge on any atom is -0.475 e. The summed E-state index contributed by atoms with van der Waals surface area (Å²) < 4.78 is 39.1. The molecule has 3 aromatic carbocycles. The molecule has 1 aliphatic rings. The lowest BCUT2D eigenvalue weighted by Gasteiger charge is -2.33. The van der Waals surface area contributed by atoms with Crippen LogP contribution in [0.15, 0.2) is 109 Å².